The standard InChI is InChI=1S/C17H25Cl2N3O2/c1-2-22(16(24)10-5-3-4-6-11-20)12-15(23)21-17-13(18)8-7-9-14(17)19/h7-9H,2-6,10-12,20H2,1H3,(H,21,23). The maximum atomic E-state index is 12.2. The zero-order valence-electron chi connectivity index (χ0n) is 14.0. The number of anilines is 1. The number of likely N-dealkylation sites (N-methyl/N-ethyl adjacent to an activating group) is 1. The van der Waals surface area contributed by atoms with E-state index in [9.17, 15) is 9.59 Å². The van der Waals surface area contributed by atoms with Crippen molar-refractivity contribution >= 4 is 40.7 Å². The number of amides is 2. The molecule has 24 heavy (non-hydrogen) atoms. The number of hydrogen-bond acceptors (Lipinski definition) is 3. The van der Waals surface area contributed by atoms with Crippen LogP contribution in [0.3, 0.4) is 0 Å². The van der Waals surface area contributed by atoms with Gasteiger partial charge in [0.15, 0.2) is 0 Å². The fourth-order valence-corrected chi connectivity index (χ4v) is 2.77. The molecule has 0 aromatic heterocycles. The molecule has 0 spiro atoms. The third-order valence-electron chi connectivity index (χ3n) is 3.64. The first-order chi connectivity index (χ1) is 11.5. The van der Waals surface area contributed by atoms with Gasteiger partial charge >= 0.3 is 0 Å². The summed E-state index contributed by atoms with van der Waals surface area (Å²) in [6.45, 7) is 2.99. The number of para-hydroxylation sites is 1. The van der Waals surface area contributed by atoms with Crippen molar-refractivity contribution in [2.75, 3.05) is 25.0 Å². The summed E-state index contributed by atoms with van der Waals surface area (Å²) in [7, 11) is 0. The number of carbonyl (C=O) groups excluding carboxylic acids is 2. The first-order valence-corrected chi connectivity index (χ1v) is 8.96. The minimum atomic E-state index is -0.316. The summed E-state index contributed by atoms with van der Waals surface area (Å²) in [6.07, 6.45) is 4.24. The highest BCUT2D eigenvalue weighted by molar-refractivity contribution is 6.39. The van der Waals surface area contributed by atoms with Gasteiger partial charge in [-0.3, -0.25) is 9.59 Å². The molecule has 134 valence electrons. The van der Waals surface area contributed by atoms with Gasteiger partial charge in [0.05, 0.1) is 22.3 Å². The smallest absolute Gasteiger partial charge is 0.244 e. The van der Waals surface area contributed by atoms with Crippen LogP contribution in [0.4, 0.5) is 5.69 Å². The molecule has 5 nitrogen and oxygen atoms in total. The van der Waals surface area contributed by atoms with Crippen molar-refractivity contribution in [1.29, 1.82) is 0 Å². The highest BCUT2D eigenvalue weighted by atomic mass is 35.5. The lowest BCUT2D eigenvalue weighted by molar-refractivity contribution is -0.134. The monoisotopic (exact) mass is 373 g/mol. The number of carbonyl (C=O) groups is 2. The van der Waals surface area contributed by atoms with Crippen LogP contribution >= 0.6 is 23.2 Å². The highest BCUT2D eigenvalue weighted by Crippen LogP contribution is 2.29. The average Bonchev–Trinajstić information content (AvgIpc) is 2.55. The van der Waals surface area contributed by atoms with E-state index in [0.29, 0.717) is 35.2 Å². The molecular weight excluding hydrogens is 349 g/mol. The van der Waals surface area contributed by atoms with Crippen LogP contribution in [0.15, 0.2) is 18.2 Å². The quantitative estimate of drug-likeness (QED) is 0.614. The van der Waals surface area contributed by atoms with Gasteiger partial charge in [-0.1, -0.05) is 42.1 Å². The van der Waals surface area contributed by atoms with Gasteiger partial charge in [0.25, 0.3) is 0 Å². The first-order valence-electron chi connectivity index (χ1n) is 8.21. The molecule has 0 aliphatic heterocycles. The molecule has 0 heterocycles. The molecule has 0 aliphatic carbocycles. The van der Waals surface area contributed by atoms with E-state index in [4.69, 9.17) is 28.9 Å². The summed E-state index contributed by atoms with van der Waals surface area (Å²) in [5.41, 5.74) is 5.81. The average molecular weight is 374 g/mol. The number of nitrogens with two attached hydrogens (primary N) is 1. The molecule has 0 aliphatic rings. The van der Waals surface area contributed by atoms with Crippen molar-refractivity contribution in [2.45, 2.75) is 39.0 Å². The molecule has 7 heteroatoms. The number of halogens is 2. The zero-order valence-corrected chi connectivity index (χ0v) is 15.5. The SMILES string of the molecule is CCN(CC(=O)Nc1c(Cl)cccc1Cl)C(=O)CCCCCCN. The van der Waals surface area contributed by atoms with Crippen molar-refractivity contribution in [3.8, 4) is 0 Å². The van der Waals surface area contributed by atoms with E-state index in [0.717, 1.165) is 25.7 Å². The summed E-state index contributed by atoms with van der Waals surface area (Å²) in [5.74, 6) is -0.339. The Kier molecular flexibility index (Phi) is 9.76. The molecule has 0 unspecified atom stereocenters. The Bertz CT molecular complexity index is 532. The van der Waals surface area contributed by atoms with Gasteiger partial charge in [-0.05, 0) is 38.4 Å². The third kappa shape index (κ3) is 7.07. The molecule has 0 bridgehead atoms. The van der Waals surface area contributed by atoms with Gasteiger partial charge in [-0.25, -0.2) is 0 Å². The van der Waals surface area contributed by atoms with Gasteiger partial charge in [-0.15, -0.1) is 0 Å². The second-order valence-electron chi connectivity index (χ2n) is 5.51. The van der Waals surface area contributed by atoms with Gasteiger partial charge in [0.1, 0.15) is 0 Å². The Labute approximate surface area is 153 Å². The normalized spacial score (nSPS) is 10.5. The molecule has 1 rings (SSSR count). The fraction of sp³-hybridized carbons (Fsp3) is 0.529. The molecule has 1 aromatic rings. The van der Waals surface area contributed by atoms with Crippen molar-refractivity contribution in [2.24, 2.45) is 5.73 Å². The predicted octanol–water partition coefficient (Wildman–Crippen LogP) is 3.69. The Morgan fingerprint density at radius 3 is 2.33 bits per heavy atom. The van der Waals surface area contributed by atoms with Gasteiger partial charge in [-0.2, -0.15) is 0 Å². The van der Waals surface area contributed by atoms with Crippen LogP contribution in [0.25, 0.3) is 0 Å². The second-order valence-corrected chi connectivity index (χ2v) is 6.32. The van der Waals surface area contributed by atoms with Crippen LogP contribution < -0.4 is 11.1 Å². The molecule has 0 fully saturated rings. The summed E-state index contributed by atoms with van der Waals surface area (Å²) >= 11 is 12.1. The zero-order chi connectivity index (χ0) is 17.9. The number of nitrogens with one attached hydrogen (secondary N) is 1. The third-order valence-corrected chi connectivity index (χ3v) is 4.27. The number of hydrogen-bond donors (Lipinski definition) is 2. The Morgan fingerprint density at radius 2 is 1.75 bits per heavy atom. The number of rotatable bonds is 10. The fourth-order valence-electron chi connectivity index (χ4n) is 2.28. The molecule has 3 N–H and O–H groups in total. The minimum absolute atomic E-state index is 0.0142. The van der Waals surface area contributed by atoms with Gasteiger partial charge in [0.2, 0.25) is 11.8 Å². The Balaban J connectivity index is 2.49. The molecule has 0 atom stereocenters. The van der Waals surface area contributed by atoms with Crippen molar-refractivity contribution in [3.63, 3.8) is 0 Å². The van der Waals surface area contributed by atoms with Gasteiger partial charge in [0, 0.05) is 13.0 Å². The van der Waals surface area contributed by atoms with Crippen molar-refractivity contribution in [1.82, 2.24) is 4.90 Å². The van der Waals surface area contributed by atoms with Crippen LogP contribution in [0.2, 0.25) is 10.0 Å². The van der Waals surface area contributed by atoms with Gasteiger partial charge < -0.3 is 16.0 Å². The second kappa shape index (κ2) is 11.3. The number of benzene rings is 1. The van der Waals surface area contributed by atoms with E-state index in [-0.39, 0.29) is 18.4 Å². The molecule has 0 radical (unpaired) electrons. The lowest BCUT2D eigenvalue weighted by Gasteiger charge is -2.20. The van der Waals surface area contributed by atoms with E-state index in [1.54, 1.807) is 18.2 Å². The minimum Gasteiger partial charge on any atom is -0.334 e. The van der Waals surface area contributed by atoms with Crippen LogP contribution in [-0.4, -0.2) is 36.3 Å². The van der Waals surface area contributed by atoms with Crippen LogP contribution in [0.5, 0.6) is 0 Å². The Hall–Kier alpha value is -1.30. The highest BCUT2D eigenvalue weighted by Gasteiger charge is 2.16. The topological polar surface area (TPSA) is 75.4 Å². The van der Waals surface area contributed by atoms with Crippen molar-refractivity contribution < 1.29 is 9.59 Å². The largest absolute Gasteiger partial charge is 0.334 e. The van der Waals surface area contributed by atoms with E-state index in [2.05, 4.69) is 5.32 Å². The summed E-state index contributed by atoms with van der Waals surface area (Å²) in [5, 5.41) is 3.40. The summed E-state index contributed by atoms with van der Waals surface area (Å²) in [4.78, 5) is 25.9. The molecule has 1 aromatic carbocycles. The predicted molar refractivity (Wildman–Crippen MR) is 99.5 cm³/mol. The number of nitrogens with zero attached hydrogens (tertiary/aromatic N) is 1. The van der Waals surface area contributed by atoms with E-state index >= 15 is 0 Å². The lowest BCUT2D eigenvalue weighted by Crippen LogP contribution is -2.37. The van der Waals surface area contributed by atoms with Crippen molar-refractivity contribution in [3.05, 3.63) is 28.2 Å². The van der Waals surface area contributed by atoms with E-state index in [1.165, 1.54) is 4.90 Å². The summed E-state index contributed by atoms with van der Waals surface area (Å²) < 4.78 is 0. The molecule has 0 saturated heterocycles. The van der Waals surface area contributed by atoms with E-state index in [1.807, 2.05) is 6.92 Å². The van der Waals surface area contributed by atoms with Crippen LogP contribution in [0, 0.1) is 0 Å². The van der Waals surface area contributed by atoms with E-state index < -0.39 is 0 Å². The number of unbranched alkanes of at least 4 members (excludes halogenated alkanes) is 3. The maximum absolute atomic E-state index is 12.2. The van der Waals surface area contributed by atoms with Crippen LogP contribution in [0.1, 0.15) is 39.0 Å². The lowest BCUT2D eigenvalue weighted by atomic mass is 10.1. The summed E-state index contributed by atoms with van der Waals surface area (Å²) in [6, 6.07) is 4.99. The van der Waals surface area contributed by atoms with Crippen LogP contribution in [-0.2, 0) is 9.59 Å². The maximum Gasteiger partial charge on any atom is 0.244 e. The first kappa shape index (κ1) is 20.7. The molecule has 2 amide bonds. The molecular formula is C17H25Cl2N3O2. The Morgan fingerprint density at radius 1 is 1.12 bits per heavy atom. The molecule has 0 saturated carbocycles.